The minimum atomic E-state index is -2.68. The van der Waals surface area contributed by atoms with Crippen molar-refractivity contribution in [1.82, 2.24) is 9.88 Å². The van der Waals surface area contributed by atoms with Crippen LogP contribution in [0.5, 0.6) is 5.75 Å². The van der Waals surface area contributed by atoms with Crippen LogP contribution in [0.25, 0.3) is 5.76 Å². The standard InChI is InChI=1S/C29H33N5O7/c1-33(2)17-11-14(12-32-18-7-5-6-8-31-18)23(35)20-15(17)9-13-10-16-22(34(3)4)25(37)21(28(30)40)27(39)29(16,41)26(38)19(13)24(20)36/h5-8,11,13,16,22,35-36,39,41H,9-10,12H2,1-4H3,(H2,30,40)(H,31,32)/t13-,16-,22-,29-/m1/s1. The summed E-state index contributed by atoms with van der Waals surface area (Å²) in [6.07, 6.45) is 1.86. The van der Waals surface area contributed by atoms with Crippen molar-refractivity contribution in [2.75, 3.05) is 38.4 Å². The third-order valence-corrected chi connectivity index (χ3v) is 8.38. The summed E-state index contributed by atoms with van der Waals surface area (Å²) < 4.78 is 0. The topological polar surface area (TPSA) is 190 Å². The third-order valence-electron chi connectivity index (χ3n) is 8.38. The van der Waals surface area contributed by atoms with Gasteiger partial charge in [0.2, 0.25) is 5.78 Å². The van der Waals surface area contributed by atoms with Gasteiger partial charge in [0.1, 0.15) is 28.7 Å². The molecule has 0 bridgehead atoms. The van der Waals surface area contributed by atoms with Gasteiger partial charge in [0.15, 0.2) is 11.4 Å². The van der Waals surface area contributed by atoms with Crippen molar-refractivity contribution in [3.63, 3.8) is 0 Å². The van der Waals surface area contributed by atoms with E-state index in [9.17, 15) is 34.8 Å². The van der Waals surface area contributed by atoms with E-state index < -0.39 is 58.0 Å². The number of ketones is 2. The molecule has 216 valence electrons. The number of fused-ring (bicyclic) bond motifs is 3. The predicted octanol–water partition coefficient (Wildman–Crippen LogP) is 1.04. The number of hydrogen-bond donors (Lipinski definition) is 6. The number of pyridine rings is 1. The molecule has 0 radical (unpaired) electrons. The number of phenols is 1. The van der Waals surface area contributed by atoms with E-state index in [-0.39, 0.29) is 36.3 Å². The highest BCUT2D eigenvalue weighted by molar-refractivity contribution is 6.24. The fourth-order valence-corrected chi connectivity index (χ4v) is 6.53. The Labute approximate surface area is 236 Å². The van der Waals surface area contributed by atoms with Crippen molar-refractivity contribution in [2.24, 2.45) is 17.6 Å². The van der Waals surface area contributed by atoms with Crippen LogP contribution < -0.4 is 16.0 Å². The Hall–Kier alpha value is -4.42. The lowest BCUT2D eigenvalue weighted by molar-refractivity contribution is -0.153. The van der Waals surface area contributed by atoms with E-state index in [1.807, 2.05) is 25.1 Å². The van der Waals surface area contributed by atoms with E-state index in [0.717, 1.165) is 0 Å². The monoisotopic (exact) mass is 563 g/mol. The first kappa shape index (κ1) is 28.1. The number of benzene rings is 1. The number of nitrogens with zero attached hydrogens (tertiary/aromatic N) is 3. The molecule has 0 unspecified atom stereocenters. The van der Waals surface area contributed by atoms with Crippen molar-refractivity contribution >= 4 is 34.7 Å². The van der Waals surface area contributed by atoms with Crippen LogP contribution in [-0.2, 0) is 27.3 Å². The highest BCUT2D eigenvalue weighted by Gasteiger charge is 2.64. The number of Topliss-reactive ketones (excluding diaryl/α,β-unsaturated/α-hetero) is 2. The lowest BCUT2D eigenvalue weighted by atomic mass is 9.57. The quantitative estimate of drug-likeness (QED) is 0.275. The first-order chi connectivity index (χ1) is 19.3. The Morgan fingerprint density at radius 3 is 2.46 bits per heavy atom. The van der Waals surface area contributed by atoms with Crippen LogP contribution in [0.3, 0.4) is 0 Å². The van der Waals surface area contributed by atoms with Gasteiger partial charge in [-0.2, -0.15) is 0 Å². The minimum Gasteiger partial charge on any atom is -0.508 e. The maximum atomic E-state index is 14.1. The van der Waals surface area contributed by atoms with Crippen molar-refractivity contribution in [3.05, 3.63) is 64.1 Å². The molecule has 0 aliphatic heterocycles. The Morgan fingerprint density at radius 1 is 1.17 bits per heavy atom. The van der Waals surface area contributed by atoms with E-state index in [2.05, 4.69) is 10.3 Å². The number of aliphatic hydroxyl groups excluding tert-OH is 2. The number of amides is 1. The van der Waals surface area contributed by atoms with E-state index in [1.165, 1.54) is 4.90 Å². The molecular formula is C29H33N5O7. The molecule has 41 heavy (non-hydrogen) atoms. The van der Waals surface area contributed by atoms with Crippen LogP contribution in [0.15, 0.2) is 47.4 Å². The number of aromatic hydroxyl groups is 1. The first-order valence-electron chi connectivity index (χ1n) is 13.1. The van der Waals surface area contributed by atoms with E-state index in [1.54, 1.807) is 38.5 Å². The van der Waals surface area contributed by atoms with Crippen LogP contribution in [-0.4, -0.2) is 87.6 Å². The molecule has 1 amide bonds. The summed E-state index contributed by atoms with van der Waals surface area (Å²) in [5.41, 5.74) is 3.45. The zero-order valence-electron chi connectivity index (χ0n) is 23.2. The molecule has 1 heterocycles. The molecule has 0 spiro atoms. The van der Waals surface area contributed by atoms with Gasteiger partial charge in [-0.05, 0) is 56.6 Å². The highest BCUT2D eigenvalue weighted by atomic mass is 16.3. The summed E-state index contributed by atoms with van der Waals surface area (Å²) in [5, 5.41) is 48.9. The molecule has 12 heteroatoms. The number of hydrogen-bond acceptors (Lipinski definition) is 11. The summed E-state index contributed by atoms with van der Waals surface area (Å²) >= 11 is 0. The zero-order chi connectivity index (χ0) is 30.0. The van der Waals surface area contributed by atoms with Crippen LogP contribution in [0, 0.1) is 11.8 Å². The fraction of sp³-hybridized carbons (Fsp3) is 0.379. The lowest BCUT2D eigenvalue weighted by Crippen LogP contribution is -2.65. The second-order valence-corrected chi connectivity index (χ2v) is 11.2. The second-order valence-electron chi connectivity index (χ2n) is 11.2. The van der Waals surface area contributed by atoms with Gasteiger partial charge >= 0.3 is 0 Å². The Bertz CT molecular complexity index is 1530. The van der Waals surface area contributed by atoms with E-state index in [4.69, 9.17) is 5.73 Å². The highest BCUT2D eigenvalue weighted by Crippen LogP contribution is 2.54. The summed E-state index contributed by atoms with van der Waals surface area (Å²) in [6, 6.07) is 6.01. The van der Waals surface area contributed by atoms with Gasteiger partial charge < -0.3 is 36.4 Å². The molecule has 2 aromatic rings. The van der Waals surface area contributed by atoms with Crippen LogP contribution in [0.1, 0.15) is 23.1 Å². The number of aliphatic hydroxyl groups is 3. The third kappa shape index (κ3) is 4.13. The largest absolute Gasteiger partial charge is 0.508 e. The summed E-state index contributed by atoms with van der Waals surface area (Å²) in [5.74, 6) is -6.18. The number of phenolic OH excluding ortho intramolecular Hbond substituents is 1. The van der Waals surface area contributed by atoms with Gasteiger partial charge in [-0.25, -0.2) is 4.98 Å². The number of rotatable bonds is 6. The van der Waals surface area contributed by atoms with Crippen LogP contribution >= 0.6 is 0 Å². The first-order valence-corrected chi connectivity index (χ1v) is 13.1. The average molecular weight is 564 g/mol. The lowest BCUT2D eigenvalue weighted by Gasteiger charge is -2.50. The van der Waals surface area contributed by atoms with Crippen molar-refractivity contribution in [1.29, 1.82) is 0 Å². The molecule has 0 saturated heterocycles. The van der Waals surface area contributed by atoms with Gasteiger partial charge in [0, 0.05) is 49.6 Å². The summed E-state index contributed by atoms with van der Waals surface area (Å²) in [6.45, 7) is 0.154. The molecule has 1 fully saturated rings. The van der Waals surface area contributed by atoms with E-state index in [0.29, 0.717) is 22.6 Å². The normalized spacial score (nSPS) is 25.6. The molecule has 5 rings (SSSR count). The van der Waals surface area contributed by atoms with Gasteiger partial charge in [-0.15, -0.1) is 0 Å². The average Bonchev–Trinajstić information content (AvgIpc) is 2.90. The van der Waals surface area contributed by atoms with Crippen molar-refractivity contribution < 1.29 is 34.8 Å². The van der Waals surface area contributed by atoms with Crippen molar-refractivity contribution in [2.45, 2.75) is 31.0 Å². The van der Waals surface area contributed by atoms with Gasteiger partial charge in [0.05, 0.1) is 11.6 Å². The van der Waals surface area contributed by atoms with Gasteiger partial charge in [-0.3, -0.25) is 19.3 Å². The summed E-state index contributed by atoms with van der Waals surface area (Å²) in [4.78, 5) is 47.0. The maximum Gasteiger partial charge on any atom is 0.255 e. The Balaban J connectivity index is 1.68. The number of likely N-dealkylation sites (N-methyl/N-ethyl adjacent to an activating group) is 1. The van der Waals surface area contributed by atoms with Crippen LogP contribution in [0.2, 0.25) is 0 Å². The number of carbonyl (C=O) groups excluding carboxylic acids is 3. The maximum absolute atomic E-state index is 14.1. The summed E-state index contributed by atoms with van der Waals surface area (Å²) in [7, 11) is 6.77. The number of carbonyl (C=O) groups is 3. The second kappa shape index (κ2) is 9.89. The zero-order valence-corrected chi connectivity index (χ0v) is 23.2. The molecule has 1 aromatic carbocycles. The number of nitrogens with two attached hydrogens (primary N) is 1. The molecule has 1 saturated carbocycles. The number of aromatic nitrogens is 1. The molecule has 3 aliphatic carbocycles. The minimum absolute atomic E-state index is 0.0301. The molecule has 4 atom stereocenters. The fourth-order valence-electron chi connectivity index (χ4n) is 6.53. The van der Waals surface area contributed by atoms with E-state index >= 15 is 0 Å². The smallest absolute Gasteiger partial charge is 0.255 e. The molecule has 1 aromatic heterocycles. The Morgan fingerprint density at radius 2 is 1.88 bits per heavy atom. The Kier molecular flexibility index (Phi) is 6.79. The number of primary amides is 1. The number of nitrogens with one attached hydrogen (secondary N) is 1. The van der Waals surface area contributed by atoms with Crippen molar-refractivity contribution in [3.8, 4) is 5.75 Å². The molecule has 3 aliphatic rings. The van der Waals surface area contributed by atoms with Gasteiger partial charge in [-0.1, -0.05) is 6.07 Å². The van der Waals surface area contributed by atoms with Gasteiger partial charge in [0.25, 0.3) is 5.91 Å². The molecular weight excluding hydrogens is 530 g/mol. The van der Waals surface area contributed by atoms with Crippen LogP contribution in [0.4, 0.5) is 11.5 Å². The molecule has 12 nitrogen and oxygen atoms in total. The number of anilines is 2. The predicted molar refractivity (Wildman–Crippen MR) is 150 cm³/mol. The SMILES string of the molecule is CN(C)c1cc(CNc2ccccn2)c(O)c2c1C[C@@H]1C[C@@H]3[C@@H](N(C)C)C(=O)C(C(N)=O)=C(O)[C@]3(O)C(=O)C1=C2O. The molecule has 7 N–H and O–H groups in total.